The van der Waals surface area contributed by atoms with Crippen LogP contribution in [0.15, 0.2) is 76.2 Å². The number of esters is 1. The van der Waals surface area contributed by atoms with Crippen LogP contribution in [0.25, 0.3) is 6.08 Å². The Morgan fingerprint density at radius 2 is 1.82 bits per heavy atom. The lowest BCUT2D eigenvalue weighted by Gasteiger charge is -2.11. The first-order chi connectivity index (χ1) is 15.7. The van der Waals surface area contributed by atoms with Crippen LogP contribution in [0, 0.1) is 11.6 Å². The van der Waals surface area contributed by atoms with Crippen molar-refractivity contribution in [2.45, 2.75) is 24.5 Å². The Labute approximate surface area is 188 Å². The van der Waals surface area contributed by atoms with Crippen LogP contribution in [-0.2, 0) is 26.1 Å². The number of Topliss-reactive ketones (excluding diaryl/α,β-unsaturated/α-hetero) is 1. The van der Waals surface area contributed by atoms with Crippen molar-refractivity contribution >= 4 is 27.9 Å². The fourth-order valence-electron chi connectivity index (χ4n) is 2.74. The maximum Gasteiger partial charge on any atom is 0.331 e. The topological polar surface area (TPSA) is 103 Å². The Morgan fingerprint density at radius 3 is 2.45 bits per heavy atom. The van der Waals surface area contributed by atoms with E-state index in [1.165, 1.54) is 43.5 Å². The van der Waals surface area contributed by atoms with E-state index < -0.39 is 39.5 Å². The lowest BCUT2D eigenvalue weighted by atomic mass is 10.1. The van der Waals surface area contributed by atoms with Gasteiger partial charge in [0.05, 0.1) is 17.7 Å². The van der Waals surface area contributed by atoms with Gasteiger partial charge >= 0.3 is 5.97 Å². The zero-order valence-corrected chi connectivity index (χ0v) is 18.1. The van der Waals surface area contributed by atoms with Gasteiger partial charge in [-0.05, 0) is 61.0 Å². The molecule has 0 aliphatic carbocycles. The van der Waals surface area contributed by atoms with Crippen LogP contribution in [-0.4, -0.2) is 26.3 Å². The van der Waals surface area contributed by atoms with E-state index in [-0.39, 0.29) is 17.0 Å². The van der Waals surface area contributed by atoms with Crippen molar-refractivity contribution in [3.05, 3.63) is 95.5 Å². The summed E-state index contributed by atoms with van der Waals surface area (Å²) >= 11 is 0. The highest BCUT2D eigenvalue weighted by Crippen LogP contribution is 2.14. The van der Waals surface area contributed by atoms with E-state index in [1.54, 1.807) is 12.1 Å². The van der Waals surface area contributed by atoms with Crippen LogP contribution < -0.4 is 4.72 Å². The van der Waals surface area contributed by atoms with Crippen LogP contribution in [0.5, 0.6) is 0 Å². The maximum atomic E-state index is 13.3. The molecule has 0 fully saturated rings. The van der Waals surface area contributed by atoms with Gasteiger partial charge in [-0.15, -0.1) is 0 Å². The highest BCUT2D eigenvalue weighted by Gasteiger charge is 2.20. The van der Waals surface area contributed by atoms with E-state index in [2.05, 4.69) is 4.72 Å². The molecule has 3 aromatic rings. The maximum absolute atomic E-state index is 13.3. The Balaban J connectivity index is 1.57. The average Bonchev–Trinajstić information content (AvgIpc) is 3.32. The van der Waals surface area contributed by atoms with Gasteiger partial charge in [-0.3, -0.25) is 4.79 Å². The van der Waals surface area contributed by atoms with Crippen LogP contribution in [0.1, 0.15) is 28.6 Å². The highest BCUT2D eigenvalue weighted by molar-refractivity contribution is 7.89. The summed E-state index contributed by atoms with van der Waals surface area (Å²) in [6.07, 6.45) is 2.66. The molecule has 0 bridgehead atoms. The predicted molar refractivity (Wildman–Crippen MR) is 114 cm³/mol. The molecule has 33 heavy (non-hydrogen) atoms. The number of nitrogens with one attached hydrogen (secondary N) is 1. The molecule has 1 N–H and O–H groups in total. The normalized spacial score (nSPS) is 12.6. The first-order valence-electron chi connectivity index (χ1n) is 9.66. The number of furan rings is 1. The van der Waals surface area contributed by atoms with Gasteiger partial charge in [-0.1, -0.05) is 12.1 Å². The molecule has 0 saturated heterocycles. The van der Waals surface area contributed by atoms with Crippen molar-refractivity contribution in [1.82, 2.24) is 4.72 Å². The third-order valence-corrected chi connectivity index (χ3v) is 5.90. The molecule has 10 heteroatoms. The Morgan fingerprint density at radius 1 is 1.09 bits per heavy atom. The van der Waals surface area contributed by atoms with Gasteiger partial charge in [0.25, 0.3) is 0 Å². The first kappa shape index (κ1) is 24.0. The molecule has 7 nitrogen and oxygen atoms in total. The second kappa shape index (κ2) is 10.3. The number of ether oxygens (including phenoxy) is 1. The number of hydrogen-bond donors (Lipinski definition) is 1. The van der Waals surface area contributed by atoms with Gasteiger partial charge in [0.15, 0.2) is 17.7 Å². The molecule has 1 aromatic heterocycles. The Kier molecular flexibility index (Phi) is 7.52. The monoisotopic (exact) mass is 475 g/mol. The van der Waals surface area contributed by atoms with Gasteiger partial charge < -0.3 is 9.15 Å². The number of halogens is 2. The van der Waals surface area contributed by atoms with E-state index in [4.69, 9.17) is 9.15 Å². The Bertz CT molecular complexity index is 1270. The largest absolute Gasteiger partial charge is 0.468 e. The van der Waals surface area contributed by atoms with Crippen LogP contribution in [0.3, 0.4) is 0 Å². The summed E-state index contributed by atoms with van der Waals surface area (Å²) in [4.78, 5) is 24.2. The van der Waals surface area contributed by atoms with Crippen molar-refractivity contribution in [1.29, 1.82) is 0 Å². The van der Waals surface area contributed by atoms with Crippen molar-refractivity contribution in [3.8, 4) is 0 Å². The third kappa shape index (κ3) is 6.43. The quantitative estimate of drug-likeness (QED) is 0.286. The number of sulfonamides is 1. The summed E-state index contributed by atoms with van der Waals surface area (Å²) in [5.41, 5.74) is 0.382. The molecule has 0 spiro atoms. The van der Waals surface area contributed by atoms with Crippen molar-refractivity contribution < 1.29 is 35.9 Å². The molecule has 0 saturated carbocycles. The summed E-state index contributed by atoms with van der Waals surface area (Å²) in [6.45, 7) is 1.31. The third-order valence-electron chi connectivity index (χ3n) is 4.49. The van der Waals surface area contributed by atoms with E-state index in [0.717, 1.165) is 24.3 Å². The van der Waals surface area contributed by atoms with Gasteiger partial charge in [0.2, 0.25) is 15.8 Å². The van der Waals surface area contributed by atoms with Gasteiger partial charge in [0.1, 0.15) is 5.76 Å². The van der Waals surface area contributed by atoms with Crippen LogP contribution in [0.2, 0.25) is 0 Å². The van der Waals surface area contributed by atoms with Crippen molar-refractivity contribution in [2.75, 3.05) is 0 Å². The van der Waals surface area contributed by atoms with E-state index in [0.29, 0.717) is 11.3 Å². The van der Waals surface area contributed by atoms with Gasteiger partial charge in [0, 0.05) is 11.6 Å². The summed E-state index contributed by atoms with van der Waals surface area (Å²) in [7, 11) is -3.76. The molecule has 0 aliphatic heterocycles. The second-order valence-corrected chi connectivity index (χ2v) is 8.65. The van der Waals surface area contributed by atoms with Gasteiger partial charge in [-0.25, -0.2) is 26.7 Å². The smallest absolute Gasteiger partial charge is 0.331 e. The Hall–Kier alpha value is -3.63. The van der Waals surface area contributed by atoms with Crippen LogP contribution in [0.4, 0.5) is 8.78 Å². The molecular weight excluding hydrogens is 456 g/mol. The molecule has 2 aromatic carbocycles. The number of benzene rings is 2. The van der Waals surface area contributed by atoms with Crippen LogP contribution >= 0.6 is 0 Å². The fraction of sp³-hybridized carbons (Fsp3) is 0.130. The molecule has 3 rings (SSSR count). The van der Waals surface area contributed by atoms with Crippen molar-refractivity contribution in [3.63, 3.8) is 0 Å². The lowest BCUT2D eigenvalue weighted by Crippen LogP contribution is -2.23. The number of hydrogen-bond acceptors (Lipinski definition) is 6. The van der Waals surface area contributed by atoms with Crippen molar-refractivity contribution in [2.24, 2.45) is 0 Å². The minimum absolute atomic E-state index is 0.00426. The standard InChI is InChI=1S/C23H19F2NO6S/c1-15(23(28)17-7-10-20(24)21(25)13-17)32-22(27)11-6-16-4-8-19(9-5-16)33(29,30)26-14-18-3-2-12-31-18/h2-13,15,26H,14H2,1H3/b11-6+. The molecule has 0 radical (unpaired) electrons. The molecule has 1 heterocycles. The minimum atomic E-state index is -3.76. The summed E-state index contributed by atoms with van der Waals surface area (Å²) in [5.74, 6) is -3.33. The van der Waals surface area contributed by atoms with E-state index in [9.17, 15) is 26.8 Å². The molecule has 0 amide bonds. The second-order valence-electron chi connectivity index (χ2n) is 6.88. The molecule has 1 unspecified atom stereocenters. The number of rotatable bonds is 9. The summed E-state index contributed by atoms with van der Waals surface area (Å²) in [6, 6.07) is 11.6. The summed E-state index contributed by atoms with van der Waals surface area (Å²) < 4.78 is 63.4. The lowest BCUT2D eigenvalue weighted by molar-refractivity contribution is -0.140. The highest BCUT2D eigenvalue weighted by atomic mass is 32.2. The molecule has 0 aliphatic rings. The zero-order valence-electron chi connectivity index (χ0n) is 17.3. The first-order valence-corrected chi connectivity index (χ1v) is 11.1. The predicted octanol–water partition coefficient (Wildman–Crippen LogP) is 3.86. The van der Waals surface area contributed by atoms with Gasteiger partial charge in [-0.2, -0.15) is 0 Å². The SMILES string of the molecule is CC(OC(=O)/C=C/c1ccc(S(=O)(=O)NCc2ccco2)cc1)C(=O)c1ccc(F)c(F)c1. The van der Waals surface area contributed by atoms with E-state index in [1.807, 2.05) is 0 Å². The average molecular weight is 475 g/mol. The molecule has 1 atom stereocenters. The fourth-order valence-corrected chi connectivity index (χ4v) is 3.73. The molecule has 172 valence electrons. The number of carbonyl (C=O) groups is 2. The minimum Gasteiger partial charge on any atom is -0.468 e. The summed E-state index contributed by atoms with van der Waals surface area (Å²) in [5, 5.41) is 0. The molecular formula is C23H19F2NO6S. The van der Waals surface area contributed by atoms with E-state index >= 15 is 0 Å². The number of carbonyl (C=O) groups excluding carboxylic acids is 2. The number of ketones is 1. The zero-order chi connectivity index (χ0) is 24.0.